The van der Waals surface area contributed by atoms with Crippen molar-refractivity contribution in [2.75, 3.05) is 13.2 Å². The van der Waals surface area contributed by atoms with Gasteiger partial charge in [-0.25, -0.2) is 0 Å². The van der Waals surface area contributed by atoms with Crippen LogP contribution in [-0.2, 0) is 16.7 Å². The standard InChI is InChI=1S/C13H22N2OS/c1-13(2,3)11-8-14-12(17)15(11)6-7-16-9-10-4-5-10/h8,10H,4-7,9H2,1-3H3,(H,14,17). The van der Waals surface area contributed by atoms with Crippen molar-refractivity contribution in [3.05, 3.63) is 16.7 Å². The average molecular weight is 254 g/mol. The minimum Gasteiger partial charge on any atom is -0.379 e. The summed E-state index contributed by atoms with van der Waals surface area (Å²) in [5, 5.41) is 0. The predicted molar refractivity (Wildman–Crippen MR) is 71.9 cm³/mol. The zero-order valence-electron chi connectivity index (χ0n) is 11.0. The number of H-pyrrole nitrogens is 1. The predicted octanol–water partition coefficient (Wildman–Crippen LogP) is 3.27. The number of aromatic amines is 1. The molecule has 0 radical (unpaired) electrons. The van der Waals surface area contributed by atoms with Gasteiger partial charge in [-0.1, -0.05) is 20.8 Å². The molecule has 1 fully saturated rings. The van der Waals surface area contributed by atoms with E-state index in [0.29, 0.717) is 0 Å². The molecule has 1 aromatic heterocycles. The molecule has 2 rings (SSSR count). The van der Waals surface area contributed by atoms with E-state index in [1.54, 1.807) is 0 Å². The molecule has 0 atom stereocenters. The Balaban J connectivity index is 1.93. The highest BCUT2D eigenvalue weighted by Crippen LogP contribution is 2.28. The van der Waals surface area contributed by atoms with Crippen molar-refractivity contribution in [3.8, 4) is 0 Å². The molecule has 0 unspecified atom stereocenters. The van der Waals surface area contributed by atoms with Gasteiger partial charge in [0.2, 0.25) is 0 Å². The summed E-state index contributed by atoms with van der Waals surface area (Å²) in [6.07, 6.45) is 4.71. The Morgan fingerprint density at radius 1 is 1.47 bits per heavy atom. The molecular formula is C13H22N2OS. The van der Waals surface area contributed by atoms with Crippen molar-refractivity contribution in [2.24, 2.45) is 5.92 Å². The smallest absolute Gasteiger partial charge is 0.177 e. The van der Waals surface area contributed by atoms with Gasteiger partial charge in [0.15, 0.2) is 4.77 Å². The van der Waals surface area contributed by atoms with E-state index >= 15 is 0 Å². The van der Waals surface area contributed by atoms with Crippen molar-refractivity contribution in [1.29, 1.82) is 0 Å². The van der Waals surface area contributed by atoms with Gasteiger partial charge in [0.25, 0.3) is 0 Å². The molecule has 1 heterocycles. The molecule has 0 bridgehead atoms. The van der Waals surface area contributed by atoms with Gasteiger partial charge in [0.05, 0.1) is 6.61 Å². The first kappa shape index (κ1) is 12.8. The van der Waals surface area contributed by atoms with Crippen LogP contribution in [0.5, 0.6) is 0 Å². The second kappa shape index (κ2) is 4.94. The van der Waals surface area contributed by atoms with Crippen LogP contribution >= 0.6 is 12.2 Å². The van der Waals surface area contributed by atoms with E-state index < -0.39 is 0 Å². The Morgan fingerprint density at radius 3 is 2.76 bits per heavy atom. The van der Waals surface area contributed by atoms with Crippen molar-refractivity contribution in [1.82, 2.24) is 9.55 Å². The molecule has 1 aliphatic carbocycles. The molecule has 17 heavy (non-hydrogen) atoms. The van der Waals surface area contributed by atoms with Crippen LogP contribution in [0.4, 0.5) is 0 Å². The molecule has 0 amide bonds. The minimum absolute atomic E-state index is 0.115. The van der Waals surface area contributed by atoms with Crippen molar-refractivity contribution in [2.45, 2.75) is 45.6 Å². The topological polar surface area (TPSA) is 29.9 Å². The normalized spacial score (nSPS) is 16.4. The number of ether oxygens (including phenoxy) is 1. The quantitative estimate of drug-likeness (QED) is 0.645. The minimum atomic E-state index is 0.115. The maximum Gasteiger partial charge on any atom is 0.177 e. The molecule has 0 aromatic carbocycles. The lowest BCUT2D eigenvalue weighted by molar-refractivity contribution is 0.115. The molecule has 1 N–H and O–H groups in total. The van der Waals surface area contributed by atoms with Crippen molar-refractivity contribution < 1.29 is 4.74 Å². The van der Waals surface area contributed by atoms with E-state index in [1.807, 2.05) is 6.20 Å². The zero-order valence-corrected chi connectivity index (χ0v) is 11.8. The first-order chi connectivity index (χ1) is 7.98. The summed E-state index contributed by atoms with van der Waals surface area (Å²) in [6, 6.07) is 0. The van der Waals surface area contributed by atoms with E-state index in [-0.39, 0.29) is 5.41 Å². The van der Waals surface area contributed by atoms with Gasteiger partial charge in [-0.3, -0.25) is 0 Å². The summed E-state index contributed by atoms with van der Waals surface area (Å²) in [4.78, 5) is 3.13. The molecular weight excluding hydrogens is 232 g/mol. The van der Waals surface area contributed by atoms with E-state index in [1.165, 1.54) is 18.5 Å². The highest BCUT2D eigenvalue weighted by atomic mass is 32.1. The Hall–Kier alpha value is -0.610. The molecule has 0 spiro atoms. The van der Waals surface area contributed by atoms with Crippen LogP contribution in [0.15, 0.2) is 6.20 Å². The lowest BCUT2D eigenvalue weighted by atomic mass is 9.93. The third-order valence-corrected chi connectivity index (χ3v) is 3.48. The molecule has 1 aromatic rings. The van der Waals surface area contributed by atoms with Gasteiger partial charge in [-0.15, -0.1) is 0 Å². The lowest BCUT2D eigenvalue weighted by Crippen LogP contribution is -2.19. The van der Waals surface area contributed by atoms with E-state index in [0.717, 1.165) is 30.4 Å². The van der Waals surface area contributed by atoms with Crippen molar-refractivity contribution in [3.63, 3.8) is 0 Å². The molecule has 0 saturated heterocycles. The number of rotatable bonds is 5. The number of nitrogens with zero attached hydrogens (tertiary/aromatic N) is 1. The maximum absolute atomic E-state index is 5.67. The first-order valence-electron chi connectivity index (χ1n) is 6.35. The molecule has 1 aliphatic rings. The van der Waals surface area contributed by atoms with Crippen LogP contribution in [0.2, 0.25) is 0 Å². The molecule has 96 valence electrons. The van der Waals surface area contributed by atoms with E-state index in [4.69, 9.17) is 17.0 Å². The van der Waals surface area contributed by atoms with Crippen LogP contribution in [0.25, 0.3) is 0 Å². The third-order valence-electron chi connectivity index (χ3n) is 3.15. The second-order valence-electron chi connectivity index (χ2n) is 5.90. The Bertz CT molecular complexity index is 423. The lowest BCUT2D eigenvalue weighted by Gasteiger charge is -2.20. The average Bonchev–Trinajstić information content (AvgIpc) is 2.96. The molecule has 0 aliphatic heterocycles. The molecule has 3 nitrogen and oxygen atoms in total. The fourth-order valence-corrected chi connectivity index (χ4v) is 2.18. The number of imidazole rings is 1. The SMILES string of the molecule is CC(C)(C)c1c[nH]c(=S)n1CCOCC1CC1. The van der Waals surface area contributed by atoms with Gasteiger partial charge in [0.1, 0.15) is 0 Å². The fourth-order valence-electron chi connectivity index (χ4n) is 1.93. The van der Waals surface area contributed by atoms with Gasteiger partial charge in [-0.05, 0) is 31.0 Å². The van der Waals surface area contributed by atoms with Crippen LogP contribution in [-0.4, -0.2) is 22.8 Å². The third kappa shape index (κ3) is 3.42. The van der Waals surface area contributed by atoms with Gasteiger partial charge < -0.3 is 14.3 Å². The summed E-state index contributed by atoms with van der Waals surface area (Å²) in [5.74, 6) is 0.830. The van der Waals surface area contributed by atoms with Gasteiger partial charge in [-0.2, -0.15) is 0 Å². The van der Waals surface area contributed by atoms with E-state index in [2.05, 4.69) is 30.3 Å². The highest BCUT2D eigenvalue weighted by molar-refractivity contribution is 7.71. The van der Waals surface area contributed by atoms with Gasteiger partial charge >= 0.3 is 0 Å². The van der Waals surface area contributed by atoms with Crippen LogP contribution < -0.4 is 0 Å². The molecule has 1 saturated carbocycles. The zero-order chi connectivity index (χ0) is 12.5. The van der Waals surface area contributed by atoms with Crippen LogP contribution in [0.3, 0.4) is 0 Å². The summed E-state index contributed by atoms with van der Waals surface area (Å²) in [5.41, 5.74) is 1.36. The maximum atomic E-state index is 5.67. The van der Waals surface area contributed by atoms with Crippen LogP contribution in [0.1, 0.15) is 39.3 Å². The van der Waals surface area contributed by atoms with Gasteiger partial charge in [0, 0.05) is 30.5 Å². The largest absolute Gasteiger partial charge is 0.379 e. The summed E-state index contributed by atoms with van der Waals surface area (Å²) in [6.45, 7) is 9.13. The summed E-state index contributed by atoms with van der Waals surface area (Å²) < 4.78 is 8.62. The number of hydrogen-bond donors (Lipinski definition) is 1. The number of hydrogen-bond acceptors (Lipinski definition) is 2. The van der Waals surface area contributed by atoms with Crippen molar-refractivity contribution >= 4 is 12.2 Å². The Kier molecular flexibility index (Phi) is 3.73. The Labute approximate surface area is 108 Å². The fraction of sp³-hybridized carbons (Fsp3) is 0.769. The summed E-state index contributed by atoms with van der Waals surface area (Å²) in [7, 11) is 0. The number of nitrogens with one attached hydrogen (secondary N) is 1. The van der Waals surface area contributed by atoms with E-state index in [9.17, 15) is 0 Å². The molecule has 4 heteroatoms. The number of aromatic nitrogens is 2. The monoisotopic (exact) mass is 254 g/mol. The second-order valence-corrected chi connectivity index (χ2v) is 6.29. The Morgan fingerprint density at radius 2 is 2.18 bits per heavy atom. The summed E-state index contributed by atoms with van der Waals surface area (Å²) >= 11 is 5.31. The highest BCUT2D eigenvalue weighted by Gasteiger charge is 2.21. The first-order valence-corrected chi connectivity index (χ1v) is 6.76. The van der Waals surface area contributed by atoms with Crippen LogP contribution in [0, 0.1) is 10.7 Å².